The first-order valence-electron chi connectivity index (χ1n) is 5.41. The van der Waals surface area contributed by atoms with E-state index in [4.69, 9.17) is 5.11 Å². The lowest BCUT2D eigenvalue weighted by atomic mass is 10.2. The number of aromatic nitrogens is 1. The van der Waals surface area contributed by atoms with Crippen LogP contribution in [0.4, 0.5) is 14.5 Å². The molecule has 2 N–H and O–H groups in total. The molecule has 0 atom stereocenters. The Morgan fingerprint density at radius 3 is 2.58 bits per heavy atom. The van der Waals surface area contributed by atoms with E-state index in [2.05, 4.69) is 10.3 Å². The molecule has 0 aliphatic heterocycles. The zero-order valence-corrected chi connectivity index (χ0v) is 10.5. The molecule has 1 heterocycles. The van der Waals surface area contributed by atoms with Gasteiger partial charge in [0.1, 0.15) is 17.3 Å². The Morgan fingerprint density at radius 1 is 1.37 bits per heavy atom. The molecule has 2 aromatic rings. The van der Waals surface area contributed by atoms with Gasteiger partial charge in [-0.05, 0) is 12.1 Å². The van der Waals surface area contributed by atoms with E-state index in [0.717, 1.165) is 17.8 Å². The minimum atomic E-state index is -1.37. The zero-order valence-electron chi connectivity index (χ0n) is 9.69. The Hall–Kier alpha value is -2.02. The summed E-state index contributed by atoms with van der Waals surface area (Å²) >= 11 is 1.44. The van der Waals surface area contributed by atoms with Gasteiger partial charge in [0.2, 0.25) is 0 Å². The number of carboxylic acids is 1. The average molecular weight is 284 g/mol. The topological polar surface area (TPSA) is 62.2 Å². The highest BCUT2D eigenvalue weighted by Crippen LogP contribution is 2.20. The number of carboxylic acid groups (broad SMARTS) is 1. The van der Waals surface area contributed by atoms with Crippen molar-refractivity contribution in [3.63, 3.8) is 0 Å². The van der Waals surface area contributed by atoms with E-state index in [1.54, 1.807) is 5.51 Å². The molecular formula is C12H10F2N2O2S. The molecule has 7 heteroatoms. The molecule has 0 spiro atoms. The Morgan fingerprint density at radius 2 is 2.05 bits per heavy atom. The van der Waals surface area contributed by atoms with Crippen molar-refractivity contribution in [3.8, 4) is 0 Å². The second-order valence-corrected chi connectivity index (χ2v) is 4.50. The molecule has 0 bridgehead atoms. The predicted octanol–water partition coefficient (Wildman–Crippen LogP) is 2.77. The molecule has 4 nitrogen and oxygen atoms in total. The van der Waals surface area contributed by atoms with Crippen LogP contribution in [0.1, 0.15) is 16.1 Å². The van der Waals surface area contributed by atoms with Gasteiger partial charge in [0.25, 0.3) is 0 Å². The number of nitrogens with zero attached hydrogens (tertiary/aromatic N) is 1. The first-order chi connectivity index (χ1) is 9.08. The zero-order chi connectivity index (χ0) is 13.8. The second kappa shape index (κ2) is 5.75. The Bertz CT molecular complexity index is 564. The van der Waals surface area contributed by atoms with Gasteiger partial charge < -0.3 is 10.4 Å². The van der Waals surface area contributed by atoms with Crippen molar-refractivity contribution < 1.29 is 18.7 Å². The summed E-state index contributed by atoms with van der Waals surface area (Å²) in [6, 6.07) is 1.58. The van der Waals surface area contributed by atoms with E-state index in [1.807, 2.05) is 5.38 Å². The number of aromatic carboxylic acids is 1. The molecule has 0 aliphatic carbocycles. The summed E-state index contributed by atoms with van der Waals surface area (Å²) in [5.74, 6) is -3.21. The molecule has 0 saturated heterocycles. The van der Waals surface area contributed by atoms with Gasteiger partial charge in [-0.2, -0.15) is 0 Å². The van der Waals surface area contributed by atoms with Gasteiger partial charge in [-0.1, -0.05) is 0 Å². The summed E-state index contributed by atoms with van der Waals surface area (Å²) in [6.07, 6.45) is 0.531. The summed E-state index contributed by atoms with van der Waals surface area (Å²) in [7, 11) is 0. The van der Waals surface area contributed by atoms with Crippen LogP contribution in [0, 0.1) is 11.6 Å². The highest BCUT2D eigenvalue weighted by molar-refractivity contribution is 7.07. The molecule has 1 aromatic heterocycles. The lowest BCUT2D eigenvalue weighted by Gasteiger charge is -2.08. The van der Waals surface area contributed by atoms with E-state index >= 15 is 0 Å². The maximum atomic E-state index is 13.6. The molecule has 2 rings (SSSR count). The van der Waals surface area contributed by atoms with Crippen LogP contribution >= 0.6 is 11.3 Å². The fourth-order valence-electron chi connectivity index (χ4n) is 1.54. The summed E-state index contributed by atoms with van der Waals surface area (Å²) in [4.78, 5) is 14.7. The molecule has 0 radical (unpaired) electrons. The first kappa shape index (κ1) is 13.4. The molecule has 0 aliphatic rings. The molecule has 19 heavy (non-hydrogen) atoms. The average Bonchev–Trinajstić information content (AvgIpc) is 2.85. The molecule has 100 valence electrons. The van der Waals surface area contributed by atoms with Gasteiger partial charge in [0.15, 0.2) is 0 Å². The monoisotopic (exact) mass is 284 g/mol. The van der Waals surface area contributed by atoms with E-state index in [-0.39, 0.29) is 5.69 Å². The van der Waals surface area contributed by atoms with Crippen molar-refractivity contribution in [1.82, 2.24) is 4.98 Å². The normalized spacial score (nSPS) is 10.4. The van der Waals surface area contributed by atoms with Crippen LogP contribution in [0.25, 0.3) is 0 Å². The number of benzene rings is 1. The van der Waals surface area contributed by atoms with E-state index < -0.39 is 23.2 Å². The summed E-state index contributed by atoms with van der Waals surface area (Å²) < 4.78 is 27.1. The number of hydrogen-bond donors (Lipinski definition) is 2. The third-order valence-electron chi connectivity index (χ3n) is 2.46. The van der Waals surface area contributed by atoms with Crippen LogP contribution in [0.15, 0.2) is 23.0 Å². The summed E-state index contributed by atoms with van der Waals surface area (Å²) in [5, 5.41) is 13.1. The lowest BCUT2D eigenvalue weighted by molar-refractivity contribution is 0.0696. The quantitative estimate of drug-likeness (QED) is 0.886. The van der Waals surface area contributed by atoms with Gasteiger partial charge in [0, 0.05) is 18.3 Å². The molecule has 1 aromatic carbocycles. The van der Waals surface area contributed by atoms with Gasteiger partial charge in [-0.25, -0.2) is 18.6 Å². The lowest BCUT2D eigenvalue weighted by Crippen LogP contribution is -2.10. The van der Waals surface area contributed by atoms with Crippen LogP contribution in [-0.2, 0) is 6.42 Å². The van der Waals surface area contributed by atoms with E-state index in [1.165, 1.54) is 11.3 Å². The van der Waals surface area contributed by atoms with Gasteiger partial charge in [-0.15, -0.1) is 11.3 Å². The van der Waals surface area contributed by atoms with Crippen LogP contribution in [-0.4, -0.2) is 22.6 Å². The third kappa shape index (κ3) is 3.25. The number of halogens is 2. The van der Waals surface area contributed by atoms with E-state index in [0.29, 0.717) is 13.0 Å². The van der Waals surface area contributed by atoms with Crippen molar-refractivity contribution in [2.24, 2.45) is 0 Å². The third-order valence-corrected chi connectivity index (χ3v) is 3.09. The van der Waals surface area contributed by atoms with Crippen LogP contribution in [0.3, 0.4) is 0 Å². The minimum Gasteiger partial charge on any atom is -0.478 e. The second-order valence-electron chi connectivity index (χ2n) is 3.78. The van der Waals surface area contributed by atoms with Crippen molar-refractivity contribution in [3.05, 3.63) is 45.9 Å². The maximum Gasteiger partial charge on any atom is 0.335 e. The van der Waals surface area contributed by atoms with Gasteiger partial charge >= 0.3 is 5.97 Å². The number of nitrogens with one attached hydrogen (secondary N) is 1. The number of carbonyl (C=O) groups is 1. The SMILES string of the molecule is O=C(O)c1cc(F)c(NCCc2cscn2)c(F)c1. The number of rotatable bonds is 5. The molecule has 0 saturated carbocycles. The van der Waals surface area contributed by atoms with Gasteiger partial charge in [0.05, 0.1) is 16.8 Å². The van der Waals surface area contributed by atoms with Crippen molar-refractivity contribution in [2.75, 3.05) is 11.9 Å². The standard InChI is InChI=1S/C12H10F2N2O2S/c13-9-3-7(12(17)18)4-10(14)11(9)15-2-1-8-5-19-6-16-8/h3-6,15H,1-2H2,(H,17,18). The Balaban J connectivity index is 2.06. The number of hydrogen-bond acceptors (Lipinski definition) is 4. The molecule has 0 unspecified atom stereocenters. The maximum absolute atomic E-state index is 13.6. The van der Waals surface area contributed by atoms with Crippen molar-refractivity contribution >= 4 is 23.0 Å². The largest absolute Gasteiger partial charge is 0.478 e. The summed E-state index contributed by atoms with van der Waals surface area (Å²) in [6.45, 7) is 0.310. The highest BCUT2D eigenvalue weighted by Gasteiger charge is 2.14. The van der Waals surface area contributed by atoms with Gasteiger partial charge in [-0.3, -0.25) is 0 Å². The van der Waals surface area contributed by atoms with Crippen LogP contribution in [0.5, 0.6) is 0 Å². The number of anilines is 1. The number of thiazole rings is 1. The first-order valence-corrected chi connectivity index (χ1v) is 6.35. The molecular weight excluding hydrogens is 274 g/mol. The minimum absolute atomic E-state index is 0.310. The molecule has 0 amide bonds. The van der Waals surface area contributed by atoms with Crippen LogP contribution < -0.4 is 5.32 Å². The van der Waals surface area contributed by atoms with Crippen molar-refractivity contribution in [2.45, 2.75) is 6.42 Å². The fourth-order valence-corrected chi connectivity index (χ4v) is 2.13. The summed E-state index contributed by atoms with van der Waals surface area (Å²) in [5.41, 5.74) is 1.78. The molecule has 0 fully saturated rings. The predicted molar refractivity (Wildman–Crippen MR) is 67.6 cm³/mol. The van der Waals surface area contributed by atoms with E-state index in [9.17, 15) is 13.6 Å². The van der Waals surface area contributed by atoms with Crippen LogP contribution in [0.2, 0.25) is 0 Å². The van der Waals surface area contributed by atoms with Crippen molar-refractivity contribution in [1.29, 1.82) is 0 Å². The fraction of sp³-hybridized carbons (Fsp3) is 0.167. The highest BCUT2D eigenvalue weighted by atomic mass is 32.1. The Labute approximate surface area is 111 Å². The smallest absolute Gasteiger partial charge is 0.335 e. The Kier molecular flexibility index (Phi) is 4.06.